The number of fused-ring (bicyclic) bond motifs is 8. The largest absolute Gasteiger partial charge is 0.492 e. The molecule has 0 saturated carbocycles. The first-order valence-electron chi connectivity index (χ1n) is 58.6. The standard InChI is InChI=1S/C128H172F4N6O4S6/c1-13-23-31-37-41-45-49-53-57-61-69-127(70-62-58-54-50-46-42-38-32-24-14-2)101-83-113(145-121(101)123-109(137(127)73-65-35-27-17-5)85-115(147-123)125-111(141-89-91(21-9)67-29-19-7)77-93(143-125)75-99-117(107(87-133)135-11)95-79-103(129)105(131)81-97(95)119(99)139)114-84-102-122(146-114)124-110(138(74-66-36-28-18-6)128(102,71-63-59-55-51-47-43-39-33-25-15-3)72-64-60-56-52-48-44-40-34-26-16-4)86-116(148-124)126-112(142-90-92(22-10)68-30-20-8)78-94(144-126)76-100-118(108(88-134)136-12)96-80-104(130)106(132)82-98(96)120(100)140/h75-86,91-92H,13-74,89-90H2,1-10H3/b99-75-,100-76-,117-107-,118-108+. The predicted octanol–water partition coefficient (Wildman–Crippen LogP) is 43.4. The van der Waals surface area contributed by atoms with Gasteiger partial charge in [-0.15, -0.1) is 68.0 Å². The Morgan fingerprint density at radius 3 is 0.885 bits per heavy atom. The quantitative estimate of drug-likeness (QED) is 0.0122. The van der Waals surface area contributed by atoms with Gasteiger partial charge in [0, 0.05) is 66.0 Å². The molecule has 2 aromatic carbocycles. The third kappa shape index (κ3) is 30.7. The van der Waals surface area contributed by atoms with E-state index < -0.39 is 34.8 Å². The Labute approximate surface area is 912 Å². The molecule has 0 amide bonds. The molecule has 2 aliphatic heterocycles. The van der Waals surface area contributed by atoms with E-state index in [0.29, 0.717) is 34.5 Å². The molecule has 0 radical (unpaired) electrons. The Bertz CT molecular complexity index is 5440. The number of carbonyl (C=O) groups excluding carboxylic acids is 2. The first-order valence-corrected chi connectivity index (χ1v) is 63.5. The van der Waals surface area contributed by atoms with Gasteiger partial charge in [0.25, 0.3) is 11.4 Å². The van der Waals surface area contributed by atoms with Crippen molar-refractivity contribution in [2.75, 3.05) is 36.1 Å². The van der Waals surface area contributed by atoms with Crippen LogP contribution in [0.1, 0.15) is 507 Å². The number of nitriles is 2. The maximum Gasteiger partial charge on any atom is 0.270 e. The highest BCUT2D eigenvalue weighted by Crippen LogP contribution is 2.66. The molecule has 8 aromatic rings. The van der Waals surface area contributed by atoms with E-state index >= 15 is 17.6 Å². The fourth-order valence-electron chi connectivity index (χ4n) is 23.3. The number of carbonyl (C=O) groups is 2. The molecule has 10 nitrogen and oxygen atoms in total. The molecule has 6 aromatic heterocycles. The smallest absolute Gasteiger partial charge is 0.270 e. The molecule has 0 spiro atoms. The van der Waals surface area contributed by atoms with Crippen LogP contribution >= 0.6 is 68.0 Å². The summed E-state index contributed by atoms with van der Waals surface area (Å²) in [5.41, 5.74) is 3.95. The van der Waals surface area contributed by atoms with E-state index in [-0.39, 0.29) is 78.9 Å². The summed E-state index contributed by atoms with van der Waals surface area (Å²) in [6.07, 6.45) is 74.2. The van der Waals surface area contributed by atoms with Crippen molar-refractivity contribution in [3.05, 3.63) is 172 Å². The van der Waals surface area contributed by atoms with E-state index in [2.05, 4.69) is 113 Å². The van der Waals surface area contributed by atoms with Crippen molar-refractivity contribution in [1.29, 1.82) is 10.5 Å². The molecule has 12 rings (SSSR count). The van der Waals surface area contributed by atoms with E-state index in [1.54, 1.807) is 12.2 Å². The number of thiophene rings is 6. The lowest BCUT2D eigenvalue weighted by Gasteiger charge is -2.49. The van der Waals surface area contributed by atoms with Gasteiger partial charge < -0.3 is 19.3 Å². The van der Waals surface area contributed by atoms with Gasteiger partial charge in [-0.2, -0.15) is 0 Å². The SMILES string of the molecule is [C-]#[N+]/C(C#N)=C1\C(=C\c2cc(OCC(CC)CCCC)c(-c3cc4c(s3)-c3sc(-c5cc6c(s5)-c5sc(-c7sc(/C=C8\C(=O)c9cc(F)c(F)cc9\C8=C(\C#N)[N+]#[C-])cc7OCC(CC)CCCC)cc5N(CCCCCC)C6(CCCCCCCCCCCC)CCCCCCCCCCCC)cc3C(CCCCCCCCCCCC)(CCCCCCCCCCCC)N4CCCCCC)s2)C(=O)c2cc(F)c(F)cc21. The summed E-state index contributed by atoms with van der Waals surface area (Å²) in [6.45, 7) is 42.0. The maximum atomic E-state index is 15.5. The minimum absolute atomic E-state index is 0.00570. The van der Waals surface area contributed by atoms with Gasteiger partial charge in [-0.05, 0) is 158 Å². The molecule has 8 heterocycles. The molecule has 2 aliphatic carbocycles. The Kier molecular flexibility index (Phi) is 49.8. The molecule has 2 atom stereocenters. The van der Waals surface area contributed by atoms with Gasteiger partial charge in [0.05, 0.1) is 100.0 Å². The van der Waals surface area contributed by atoms with Gasteiger partial charge in [0.15, 0.2) is 34.8 Å². The van der Waals surface area contributed by atoms with Crippen molar-refractivity contribution in [2.24, 2.45) is 11.8 Å². The zero-order chi connectivity index (χ0) is 105. The van der Waals surface area contributed by atoms with Crippen LogP contribution in [-0.4, -0.2) is 37.9 Å². The monoisotopic (exact) mass is 2130 g/mol. The Balaban J connectivity index is 1.11. The normalized spacial score (nSPS) is 15.4. The predicted molar refractivity (Wildman–Crippen MR) is 626 cm³/mol. The molecular weight excluding hydrogens is 1950 g/mol. The molecule has 2 unspecified atom stereocenters. The Morgan fingerprint density at radius 1 is 0.338 bits per heavy atom. The van der Waals surface area contributed by atoms with E-state index in [0.717, 1.165) is 237 Å². The zero-order valence-corrected chi connectivity index (χ0v) is 96.5. The van der Waals surface area contributed by atoms with Crippen LogP contribution in [0.2, 0.25) is 0 Å². The van der Waals surface area contributed by atoms with Crippen LogP contribution in [-0.2, 0) is 11.1 Å². The first kappa shape index (κ1) is 118. The highest BCUT2D eigenvalue weighted by Gasteiger charge is 2.50. The van der Waals surface area contributed by atoms with Crippen molar-refractivity contribution < 1.29 is 36.6 Å². The van der Waals surface area contributed by atoms with E-state index in [4.69, 9.17) is 22.6 Å². The van der Waals surface area contributed by atoms with E-state index in [1.165, 1.54) is 280 Å². The van der Waals surface area contributed by atoms with Crippen LogP contribution in [0.25, 0.3) is 81.8 Å². The third-order valence-corrected chi connectivity index (χ3v) is 39.5. The van der Waals surface area contributed by atoms with Gasteiger partial charge in [0.1, 0.15) is 11.5 Å². The molecule has 0 saturated heterocycles. The van der Waals surface area contributed by atoms with E-state index in [9.17, 15) is 20.1 Å². The second-order valence-electron chi connectivity index (χ2n) is 43.0. The van der Waals surface area contributed by atoms with Crippen LogP contribution in [0.5, 0.6) is 11.5 Å². The molecule has 0 fully saturated rings. The van der Waals surface area contributed by atoms with Crippen LogP contribution in [0.15, 0.2) is 83.2 Å². The minimum Gasteiger partial charge on any atom is -0.492 e. The topological polar surface area (TPSA) is 115 Å². The number of unbranched alkanes of at least 4 members (excludes halogenated alkanes) is 44. The molecule has 0 N–H and O–H groups in total. The number of benzene rings is 2. The number of hydrogen-bond acceptors (Lipinski definition) is 14. The summed E-state index contributed by atoms with van der Waals surface area (Å²) in [7, 11) is 0. The highest BCUT2D eigenvalue weighted by atomic mass is 32.1. The van der Waals surface area contributed by atoms with E-state index in [1.807, 2.05) is 69.6 Å². The second-order valence-corrected chi connectivity index (χ2v) is 49.4. The number of ether oxygens (including phenoxy) is 2. The number of rotatable bonds is 73. The van der Waals surface area contributed by atoms with Gasteiger partial charge in [-0.1, -0.05) is 403 Å². The fraction of sp³-hybridized carbons (Fsp3) is 0.609. The second kappa shape index (κ2) is 62.2. The highest BCUT2D eigenvalue weighted by molar-refractivity contribution is 7.31. The number of anilines is 2. The molecule has 4 aliphatic rings. The molecule has 148 heavy (non-hydrogen) atoms. The summed E-state index contributed by atoms with van der Waals surface area (Å²) >= 11 is 10.8. The van der Waals surface area contributed by atoms with Crippen LogP contribution in [0, 0.1) is 70.9 Å². The zero-order valence-electron chi connectivity index (χ0n) is 91.6. The number of Topliss-reactive ketones (excluding diaryl/α,β-unsaturated/α-hetero) is 2. The summed E-state index contributed by atoms with van der Waals surface area (Å²) < 4.78 is 76.3. The number of halogens is 4. The summed E-state index contributed by atoms with van der Waals surface area (Å²) in [6, 6.07) is 22.2. The van der Waals surface area contributed by atoms with Crippen molar-refractivity contribution in [2.45, 2.75) is 466 Å². The van der Waals surface area contributed by atoms with Crippen molar-refractivity contribution in [1.82, 2.24) is 0 Å². The van der Waals surface area contributed by atoms with Crippen LogP contribution < -0.4 is 19.3 Å². The Hall–Kier alpha value is -8.18. The maximum absolute atomic E-state index is 15.5. The molecular formula is C128H172F4N6O4S6. The van der Waals surface area contributed by atoms with Gasteiger partial charge >= 0.3 is 0 Å². The lowest BCUT2D eigenvalue weighted by molar-refractivity contribution is 0.103. The number of allylic oxidation sites excluding steroid dienone is 6. The number of nitrogens with zero attached hydrogens (tertiary/aromatic N) is 6. The van der Waals surface area contributed by atoms with Crippen LogP contribution in [0.4, 0.5) is 28.9 Å². The van der Waals surface area contributed by atoms with Gasteiger partial charge in [-0.3, -0.25) is 9.59 Å². The summed E-state index contributed by atoms with van der Waals surface area (Å²) in [4.78, 5) is 56.0. The molecule has 20 heteroatoms. The van der Waals surface area contributed by atoms with Crippen molar-refractivity contribution >= 4 is 114 Å². The lowest BCUT2D eigenvalue weighted by atomic mass is 9.75. The summed E-state index contributed by atoms with van der Waals surface area (Å²) in [5.74, 6) is -3.88. The number of ketones is 2. The fourth-order valence-corrected chi connectivity index (χ4v) is 30.8. The minimum atomic E-state index is -1.18. The molecule has 802 valence electrons. The first-order chi connectivity index (χ1) is 72.3. The lowest BCUT2D eigenvalue weighted by Crippen LogP contribution is -2.49. The van der Waals surface area contributed by atoms with Crippen LogP contribution in [0.3, 0.4) is 0 Å². The summed E-state index contributed by atoms with van der Waals surface area (Å²) in [5, 5.41) is 21.2. The average molecular weight is 2130 g/mol. The van der Waals surface area contributed by atoms with Gasteiger partial charge in [0.2, 0.25) is 0 Å². The van der Waals surface area contributed by atoms with Gasteiger partial charge in [-0.25, -0.2) is 37.8 Å². The average Bonchev–Trinajstić information content (AvgIpc) is 1.54. The third-order valence-electron chi connectivity index (χ3n) is 32.0. The van der Waals surface area contributed by atoms with Crippen molar-refractivity contribution in [3.63, 3.8) is 0 Å². The molecule has 0 bridgehead atoms. The number of hydrogen-bond donors (Lipinski definition) is 0. The Morgan fingerprint density at radius 2 is 0.608 bits per heavy atom. The van der Waals surface area contributed by atoms with Crippen molar-refractivity contribution in [3.8, 4) is 72.4 Å².